The zero-order valence-corrected chi connectivity index (χ0v) is 12.1. The van der Waals surface area contributed by atoms with Gasteiger partial charge in [0.1, 0.15) is 6.04 Å². The summed E-state index contributed by atoms with van der Waals surface area (Å²) in [6, 6.07) is 5.82. The molecule has 0 bridgehead atoms. The number of benzene rings is 1. The van der Waals surface area contributed by atoms with Crippen LogP contribution in [-0.2, 0) is 9.59 Å². The van der Waals surface area contributed by atoms with Crippen LogP contribution in [0.15, 0.2) is 28.7 Å². The summed E-state index contributed by atoms with van der Waals surface area (Å²) in [6.45, 7) is 0.629. The normalized spacial score (nSPS) is 18.6. The lowest BCUT2D eigenvalue weighted by Gasteiger charge is -2.34. The molecular formula is C13H13BrN2O4. The minimum Gasteiger partial charge on any atom is -0.481 e. The van der Waals surface area contributed by atoms with E-state index in [2.05, 4.69) is 21.2 Å². The number of piperazine rings is 1. The highest BCUT2D eigenvalue weighted by Crippen LogP contribution is 2.17. The zero-order valence-electron chi connectivity index (χ0n) is 10.5. The highest BCUT2D eigenvalue weighted by Gasteiger charge is 2.35. The minimum atomic E-state index is -1.11. The lowest BCUT2D eigenvalue weighted by Crippen LogP contribution is -2.57. The van der Waals surface area contributed by atoms with Gasteiger partial charge < -0.3 is 15.3 Å². The molecule has 1 fully saturated rings. The number of hydrogen-bond acceptors (Lipinski definition) is 3. The Labute approximate surface area is 123 Å². The van der Waals surface area contributed by atoms with Crippen molar-refractivity contribution in [2.45, 2.75) is 12.5 Å². The van der Waals surface area contributed by atoms with Crippen LogP contribution in [0, 0.1) is 0 Å². The first-order valence-electron chi connectivity index (χ1n) is 6.05. The van der Waals surface area contributed by atoms with Crippen molar-refractivity contribution in [1.29, 1.82) is 0 Å². The van der Waals surface area contributed by atoms with Gasteiger partial charge in [-0.25, -0.2) is 0 Å². The molecule has 106 valence electrons. The van der Waals surface area contributed by atoms with Crippen LogP contribution in [0.25, 0.3) is 0 Å². The van der Waals surface area contributed by atoms with Crippen molar-refractivity contribution in [3.05, 3.63) is 34.3 Å². The number of aliphatic carboxylic acids is 1. The first-order valence-corrected chi connectivity index (χ1v) is 6.84. The van der Waals surface area contributed by atoms with Gasteiger partial charge >= 0.3 is 5.97 Å². The number of carboxylic acid groups (broad SMARTS) is 1. The van der Waals surface area contributed by atoms with Crippen LogP contribution >= 0.6 is 15.9 Å². The van der Waals surface area contributed by atoms with E-state index in [0.717, 1.165) is 4.47 Å². The van der Waals surface area contributed by atoms with E-state index >= 15 is 0 Å². The lowest BCUT2D eigenvalue weighted by atomic mass is 10.1. The van der Waals surface area contributed by atoms with Crippen LogP contribution in [0.1, 0.15) is 16.8 Å². The topological polar surface area (TPSA) is 86.7 Å². The van der Waals surface area contributed by atoms with E-state index < -0.39 is 24.3 Å². The highest BCUT2D eigenvalue weighted by molar-refractivity contribution is 9.10. The number of nitrogens with zero attached hydrogens (tertiary/aromatic N) is 1. The molecule has 0 spiro atoms. The van der Waals surface area contributed by atoms with E-state index in [1.165, 1.54) is 4.90 Å². The fraction of sp³-hybridized carbons (Fsp3) is 0.308. The van der Waals surface area contributed by atoms with E-state index in [1.54, 1.807) is 24.3 Å². The van der Waals surface area contributed by atoms with E-state index in [0.29, 0.717) is 18.7 Å². The summed E-state index contributed by atoms with van der Waals surface area (Å²) in [6.07, 6.45) is -0.397. The molecule has 1 aliphatic rings. The van der Waals surface area contributed by atoms with Crippen LogP contribution < -0.4 is 5.32 Å². The third kappa shape index (κ3) is 3.16. The molecule has 0 radical (unpaired) electrons. The number of amides is 2. The van der Waals surface area contributed by atoms with Gasteiger partial charge in [0.25, 0.3) is 5.91 Å². The quantitative estimate of drug-likeness (QED) is 0.854. The van der Waals surface area contributed by atoms with Crippen molar-refractivity contribution in [1.82, 2.24) is 10.2 Å². The van der Waals surface area contributed by atoms with Crippen LogP contribution in [0.4, 0.5) is 0 Å². The van der Waals surface area contributed by atoms with Gasteiger partial charge in [-0.2, -0.15) is 0 Å². The Bertz CT molecular complexity index is 561. The molecule has 20 heavy (non-hydrogen) atoms. The number of halogens is 1. The van der Waals surface area contributed by atoms with E-state index in [4.69, 9.17) is 5.11 Å². The summed E-state index contributed by atoms with van der Waals surface area (Å²) in [7, 11) is 0. The number of rotatable bonds is 3. The lowest BCUT2D eigenvalue weighted by molar-refractivity contribution is -0.142. The van der Waals surface area contributed by atoms with Gasteiger partial charge in [0.05, 0.1) is 6.42 Å². The van der Waals surface area contributed by atoms with Gasteiger partial charge in [0.15, 0.2) is 0 Å². The van der Waals surface area contributed by atoms with E-state index in [-0.39, 0.29) is 5.91 Å². The Morgan fingerprint density at radius 3 is 2.85 bits per heavy atom. The second-order valence-electron chi connectivity index (χ2n) is 4.41. The molecule has 1 aliphatic heterocycles. The van der Waals surface area contributed by atoms with Crippen molar-refractivity contribution in [3.8, 4) is 0 Å². The number of hydrogen-bond donors (Lipinski definition) is 2. The third-order valence-electron chi connectivity index (χ3n) is 3.03. The zero-order chi connectivity index (χ0) is 14.7. The molecule has 0 aliphatic carbocycles. The highest BCUT2D eigenvalue weighted by atomic mass is 79.9. The first-order chi connectivity index (χ1) is 9.49. The SMILES string of the molecule is O=C(O)CC1C(=O)NCCN1C(=O)c1cccc(Br)c1. The minimum absolute atomic E-state index is 0.301. The maximum Gasteiger partial charge on any atom is 0.305 e. The summed E-state index contributed by atoms with van der Waals surface area (Å²) in [5.41, 5.74) is 0.421. The second kappa shape index (κ2) is 6.04. The van der Waals surface area contributed by atoms with Crippen molar-refractivity contribution < 1.29 is 19.5 Å². The van der Waals surface area contributed by atoms with E-state index in [9.17, 15) is 14.4 Å². The number of carbonyl (C=O) groups excluding carboxylic acids is 2. The molecule has 1 heterocycles. The maximum absolute atomic E-state index is 12.4. The van der Waals surface area contributed by atoms with Gasteiger partial charge in [-0.05, 0) is 18.2 Å². The molecule has 0 saturated carbocycles. The fourth-order valence-corrected chi connectivity index (χ4v) is 2.51. The van der Waals surface area contributed by atoms with Crippen LogP contribution in [0.3, 0.4) is 0 Å². The number of carbonyl (C=O) groups is 3. The molecule has 6 nitrogen and oxygen atoms in total. The molecule has 2 N–H and O–H groups in total. The average Bonchev–Trinajstić information content (AvgIpc) is 2.40. The summed E-state index contributed by atoms with van der Waals surface area (Å²) < 4.78 is 0.750. The third-order valence-corrected chi connectivity index (χ3v) is 3.52. The smallest absolute Gasteiger partial charge is 0.305 e. The molecule has 1 atom stereocenters. The standard InChI is InChI=1S/C13H13BrN2O4/c14-9-3-1-2-8(6-9)13(20)16-5-4-15-12(19)10(16)7-11(17)18/h1-3,6,10H,4-5,7H2,(H,15,19)(H,17,18). The van der Waals surface area contributed by atoms with Gasteiger partial charge in [-0.15, -0.1) is 0 Å². The van der Waals surface area contributed by atoms with Gasteiger partial charge in [0.2, 0.25) is 5.91 Å². The maximum atomic E-state index is 12.4. The fourth-order valence-electron chi connectivity index (χ4n) is 2.11. The molecule has 1 aromatic carbocycles. The number of carboxylic acids is 1. The first kappa shape index (κ1) is 14.5. The molecule has 1 aromatic rings. The molecule has 1 saturated heterocycles. The van der Waals surface area contributed by atoms with Crippen LogP contribution in [-0.4, -0.2) is 46.9 Å². The summed E-state index contributed by atoms with van der Waals surface area (Å²) in [4.78, 5) is 36.3. The Morgan fingerprint density at radius 2 is 2.20 bits per heavy atom. The average molecular weight is 341 g/mol. The Kier molecular flexibility index (Phi) is 4.39. The monoisotopic (exact) mass is 340 g/mol. The molecule has 1 unspecified atom stereocenters. The van der Waals surface area contributed by atoms with Crippen molar-refractivity contribution in [2.24, 2.45) is 0 Å². The van der Waals surface area contributed by atoms with Crippen molar-refractivity contribution >= 4 is 33.7 Å². The van der Waals surface area contributed by atoms with Crippen LogP contribution in [0.2, 0.25) is 0 Å². The van der Waals surface area contributed by atoms with Gasteiger partial charge in [-0.3, -0.25) is 14.4 Å². The molecule has 2 amide bonds. The van der Waals surface area contributed by atoms with Crippen molar-refractivity contribution in [3.63, 3.8) is 0 Å². The van der Waals surface area contributed by atoms with Gasteiger partial charge in [0, 0.05) is 23.1 Å². The summed E-state index contributed by atoms with van der Waals surface area (Å²) in [5, 5.41) is 11.5. The predicted octanol–water partition coefficient (Wildman–Crippen LogP) is 0.864. The van der Waals surface area contributed by atoms with Crippen LogP contribution in [0.5, 0.6) is 0 Å². The summed E-state index contributed by atoms with van der Waals surface area (Å²) in [5.74, 6) is -1.88. The largest absolute Gasteiger partial charge is 0.481 e. The van der Waals surface area contributed by atoms with Crippen molar-refractivity contribution in [2.75, 3.05) is 13.1 Å². The second-order valence-corrected chi connectivity index (χ2v) is 5.33. The van der Waals surface area contributed by atoms with E-state index in [1.807, 2.05) is 0 Å². The molecular weight excluding hydrogens is 328 g/mol. The Hall–Kier alpha value is -1.89. The summed E-state index contributed by atoms with van der Waals surface area (Å²) >= 11 is 3.28. The molecule has 0 aromatic heterocycles. The van der Waals surface area contributed by atoms with Gasteiger partial charge in [-0.1, -0.05) is 22.0 Å². The number of nitrogens with one attached hydrogen (secondary N) is 1. The Morgan fingerprint density at radius 1 is 1.45 bits per heavy atom. The Balaban J connectivity index is 2.25. The molecule has 7 heteroatoms. The molecule has 2 rings (SSSR count). The predicted molar refractivity (Wildman–Crippen MR) is 74.2 cm³/mol.